The molecule has 1 fully saturated rings. The Kier molecular flexibility index (Phi) is 22.3. The number of ketones is 2. The van der Waals surface area contributed by atoms with Gasteiger partial charge in [-0.2, -0.15) is 0 Å². The molecule has 0 radical (unpaired) electrons. The summed E-state index contributed by atoms with van der Waals surface area (Å²) in [6.07, 6.45) is 0.693. The third-order valence-corrected chi connectivity index (χ3v) is 9.30. The highest BCUT2D eigenvalue weighted by Gasteiger charge is 2.46. The Hall–Kier alpha value is -5.89. The zero-order valence-electron chi connectivity index (χ0n) is 39.2. The van der Waals surface area contributed by atoms with Gasteiger partial charge in [0.05, 0.1) is 12.1 Å². The number of Topliss-reactive ketones (excluding diaryl/α,β-unsaturated/α-hetero) is 2. The summed E-state index contributed by atoms with van der Waals surface area (Å²) < 4.78 is 10.7. The molecular weight excluding hydrogens is 837 g/mol. The Labute approximate surface area is 375 Å². The molecule has 360 valence electrons. The molecule has 0 spiro atoms. The Bertz CT molecular complexity index is 1750. The molecule has 1 saturated heterocycles. The normalized spacial score (nSPS) is 17.2. The Morgan fingerprint density at radius 1 is 0.656 bits per heavy atom. The average Bonchev–Trinajstić information content (AvgIpc) is 3.56. The molecule has 8 amide bonds. The number of carbonyl (C=O) groups is 11. The second-order valence-electron chi connectivity index (χ2n) is 18.2. The number of hydrogen-bond acceptors (Lipinski definition) is 13. The van der Waals surface area contributed by atoms with E-state index in [4.69, 9.17) is 9.47 Å². The van der Waals surface area contributed by atoms with E-state index in [1.165, 1.54) is 6.08 Å². The van der Waals surface area contributed by atoms with Crippen LogP contribution in [0.25, 0.3) is 0 Å². The van der Waals surface area contributed by atoms with Gasteiger partial charge in [0.2, 0.25) is 35.3 Å². The van der Waals surface area contributed by atoms with Gasteiger partial charge in [0.25, 0.3) is 5.91 Å². The van der Waals surface area contributed by atoms with Gasteiger partial charge in [-0.3, -0.25) is 47.9 Å². The zero-order chi connectivity index (χ0) is 49.3. The molecule has 1 rings (SSSR count). The molecule has 21 heteroatoms. The summed E-state index contributed by atoms with van der Waals surface area (Å²) >= 11 is 0. The number of esters is 2. The maximum absolute atomic E-state index is 14.1. The van der Waals surface area contributed by atoms with Crippen molar-refractivity contribution < 1.29 is 62.2 Å². The second kappa shape index (κ2) is 25.4. The fraction of sp³-hybridized carbons (Fsp3) is 0.698. The summed E-state index contributed by atoms with van der Waals surface area (Å²) in [6.45, 7) is 22.7. The molecule has 0 saturated carbocycles. The van der Waals surface area contributed by atoms with Crippen LogP contribution in [-0.4, -0.2) is 125 Å². The first-order valence-electron chi connectivity index (χ1n) is 21.5. The van der Waals surface area contributed by atoms with E-state index in [2.05, 4.69) is 49.1 Å². The van der Waals surface area contributed by atoms with Crippen LogP contribution in [-0.2, 0) is 57.4 Å². The van der Waals surface area contributed by atoms with Crippen molar-refractivity contribution in [3.8, 4) is 0 Å². The van der Waals surface area contributed by atoms with Gasteiger partial charge in [0, 0.05) is 26.3 Å². The highest BCUT2D eigenvalue weighted by Crippen LogP contribution is 2.16. The molecule has 0 aromatic carbocycles. The number of amides is 8. The average molecular weight is 907 g/mol. The quantitative estimate of drug-likeness (QED) is 0.0347. The summed E-state index contributed by atoms with van der Waals surface area (Å²) in [5.41, 5.74) is -1.69. The van der Waals surface area contributed by atoms with Crippen LogP contribution in [0.5, 0.6) is 0 Å². The van der Waals surface area contributed by atoms with Crippen LogP contribution in [0.2, 0.25) is 0 Å². The van der Waals surface area contributed by atoms with E-state index in [0.717, 1.165) is 6.92 Å². The van der Waals surface area contributed by atoms with E-state index in [1.54, 1.807) is 76.2 Å². The van der Waals surface area contributed by atoms with Crippen LogP contribution in [0, 0.1) is 11.8 Å². The van der Waals surface area contributed by atoms with Crippen LogP contribution in [0.15, 0.2) is 12.7 Å². The highest BCUT2D eigenvalue weighted by molar-refractivity contribution is 6.38. The minimum Gasteiger partial charge on any atom is -0.460 e. The smallest absolute Gasteiger partial charge is 0.316 e. The van der Waals surface area contributed by atoms with E-state index in [1.807, 2.05) is 0 Å². The second-order valence-corrected chi connectivity index (χ2v) is 18.2. The van der Waals surface area contributed by atoms with Gasteiger partial charge in [-0.1, -0.05) is 47.1 Å². The van der Waals surface area contributed by atoms with Gasteiger partial charge in [0.15, 0.2) is 5.78 Å². The van der Waals surface area contributed by atoms with E-state index in [0.29, 0.717) is 6.42 Å². The van der Waals surface area contributed by atoms with Gasteiger partial charge >= 0.3 is 18.0 Å². The van der Waals surface area contributed by atoms with Crippen LogP contribution >= 0.6 is 0 Å². The molecule has 0 aliphatic carbocycles. The van der Waals surface area contributed by atoms with Gasteiger partial charge in [0.1, 0.15) is 41.4 Å². The molecular formula is C43H70N8O13. The van der Waals surface area contributed by atoms with E-state index < -0.39 is 130 Å². The Balaban J connectivity index is 3.40. The largest absolute Gasteiger partial charge is 0.460 e. The standard InChI is InChI=1S/C43H70N8O13/c1-14-16-25(34(55)40(61)44-21-15-2)46-39(60)33-32(50-41(62)51-33)35(56)30(22(3)4)48-38(59)31(23(5)6)49-37(58)27(18-20-29(54)64-43(11,12)13)47-36(57)26(45-24(7)52)17-19-28(53)63-42(8,9)10/h15,22-23,25-27,30-33H,2,14,16-21H2,1,3-13H3,(H,44,61)(H,45,52)(H,46,60)(H,47,57)(H,48,59)(H,49,58)(H2,50,51,62)/t25?,26-,27-,30-,31-,32?,33+/m0/s1. The predicted molar refractivity (Wildman–Crippen MR) is 233 cm³/mol. The number of rotatable bonds is 25. The van der Waals surface area contributed by atoms with E-state index in [9.17, 15) is 52.7 Å². The van der Waals surface area contributed by atoms with Crippen LogP contribution in [0.1, 0.15) is 122 Å². The molecule has 0 bridgehead atoms. The number of hydrogen-bond donors (Lipinski definition) is 8. The first kappa shape index (κ1) is 56.1. The van der Waals surface area contributed by atoms with E-state index >= 15 is 0 Å². The molecule has 1 heterocycles. The van der Waals surface area contributed by atoms with Crippen molar-refractivity contribution in [2.24, 2.45) is 11.8 Å². The summed E-state index contributed by atoms with van der Waals surface area (Å²) in [5, 5.41) is 19.8. The predicted octanol–water partition coefficient (Wildman–Crippen LogP) is 0.277. The van der Waals surface area contributed by atoms with Gasteiger partial charge in [-0.05, 0) is 72.6 Å². The van der Waals surface area contributed by atoms with Gasteiger partial charge < -0.3 is 52.0 Å². The van der Waals surface area contributed by atoms with Crippen LogP contribution < -0.4 is 42.5 Å². The van der Waals surface area contributed by atoms with Crippen molar-refractivity contribution in [2.75, 3.05) is 6.54 Å². The third-order valence-electron chi connectivity index (χ3n) is 9.30. The zero-order valence-corrected chi connectivity index (χ0v) is 39.2. The number of urea groups is 1. The molecule has 2 unspecified atom stereocenters. The van der Waals surface area contributed by atoms with Crippen LogP contribution in [0.4, 0.5) is 4.79 Å². The molecule has 21 nitrogen and oxygen atoms in total. The lowest BCUT2D eigenvalue weighted by Crippen LogP contribution is -2.62. The molecule has 1 aliphatic rings. The van der Waals surface area contributed by atoms with Gasteiger partial charge in [-0.25, -0.2) is 4.79 Å². The van der Waals surface area contributed by atoms with Crippen molar-refractivity contribution in [2.45, 2.75) is 175 Å². The lowest BCUT2D eigenvalue weighted by molar-refractivity contribution is -0.156. The highest BCUT2D eigenvalue weighted by atomic mass is 16.6. The molecule has 8 N–H and O–H groups in total. The summed E-state index contributed by atoms with van der Waals surface area (Å²) in [5.74, 6) is -9.49. The minimum absolute atomic E-state index is 0.00449. The SMILES string of the molecule is C=CCNC(=O)C(=O)C(CCC)NC(=O)[C@@H]1NC(=O)NC1C(=O)[C@@H](NC(=O)[C@@H](NC(=O)[C@H](CCC(=O)OC(C)(C)C)NC(=O)[C@H](CCC(=O)OC(C)(C)C)NC(C)=O)C(C)C)C(C)C. The lowest BCUT2D eigenvalue weighted by atomic mass is 9.90. The van der Waals surface area contributed by atoms with Crippen molar-refractivity contribution in [3.05, 3.63) is 12.7 Å². The topological polar surface area (TPSA) is 302 Å². The Morgan fingerprint density at radius 2 is 1.12 bits per heavy atom. The number of ether oxygens (including phenoxy) is 2. The number of carbonyl (C=O) groups excluding carboxylic acids is 11. The summed E-state index contributed by atoms with van der Waals surface area (Å²) in [4.78, 5) is 144. The van der Waals surface area contributed by atoms with Crippen LogP contribution in [0.3, 0.4) is 0 Å². The molecule has 0 aromatic rings. The van der Waals surface area contributed by atoms with Gasteiger partial charge in [-0.15, -0.1) is 6.58 Å². The lowest BCUT2D eigenvalue weighted by Gasteiger charge is -2.30. The summed E-state index contributed by atoms with van der Waals surface area (Å²) in [7, 11) is 0. The fourth-order valence-electron chi connectivity index (χ4n) is 6.33. The monoisotopic (exact) mass is 907 g/mol. The molecule has 7 atom stereocenters. The maximum Gasteiger partial charge on any atom is 0.316 e. The maximum atomic E-state index is 14.1. The fourth-order valence-corrected chi connectivity index (χ4v) is 6.33. The first-order valence-corrected chi connectivity index (χ1v) is 21.5. The van der Waals surface area contributed by atoms with Crippen molar-refractivity contribution in [1.29, 1.82) is 0 Å². The molecule has 1 aliphatic heterocycles. The molecule has 64 heavy (non-hydrogen) atoms. The first-order chi connectivity index (χ1) is 29.5. The minimum atomic E-state index is -1.55. The van der Waals surface area contributed by atoms with Crippen molar-refractivity contribution in [3.63, 3.8) is 0 Å². The van der Waals surface area contributed by atoms with Crippen molar-refractivity contribution >= 4 is 65.0 Å². The summed E-state index contributed by atoms with van der Waals surface area (Å²) in [6, 6.07) is -10.8. The van der Waals surface area contributed by atoms with E-state index in [-0.39, 0.29) is 38.6 Å². The number of nitrogens with one attached hydrogen (secondary N) is 8. The van der Waals surface area contributed by atoms with Crippen molar-refractivity contribution in [1.82, 2.24) is 42.5 Å². The third kappa shape index (κ3) is 19.7. The Morgan fingerprint density at radius 3 is 1.58 bits per heavy atom. The molecule has 0 aromatic heterocycles.